The Kier molecular flexibility index (Phi) is 3.58. The van der Waals surface area contributed by atoms with Crippen LogP contribution in [0.1, 0.15) is 52.7 Å². The maximum Gasteiger partial charge on any atom is 0.163 e. The number of halogens is 1. The number of fused-ring (bicyclic) bond motifs is 5. The molecule has 5 rings (SSSR count). The number of carbonyl (C=O) groups is 1. The third-order valence-corrected chi connectivity index (χ3v) is 6.17. The minimum atomic E-state index is -0.218. The molecule has 0 amide bonds. The van der Waals surface area contributed by atoms with Crippen LogP contribution in [-0.4, -0.2) is 15.3 Å². The summed E-state index contributed by atoms with van der Waals surface area (Å²) >= 11 is 0. The predicted molar refractivity (Wildman–Crippen MR) is 103 cm³/mol. The van der Waals surface area contributed by atoms with E-state index >= 15 is 4.39 Å². The van der Waals surface area contributed by atoms with Gasteiger partial charge in [0.25, 0.3) is 0 Å². The number of carbonyl (C=O) groups excluding carboxylic acids is 1. The highest BCUT2D eigenvalue weighted by atomic mass is 19.1. The summed E-state index contributed by atoms with van der Waals surface area (Å²) in [5.41, 5.74) is 6.17. The van der Waals surface area contributed by atoms with Crippen molar-refractivity contribution in [3.63, 3.8) is 0 Å². The van der Waals surface area contributed by atoms with Crippen molar-refractivity contribution in [1.29, 1.82) is 0 Å². The first-order chi connectivity index (χ1) is 13.1. The van der Waals surface area contributed by atoms with E-state index in [1.807, 2.05) is 36.0 Å². The zero-order chi connectivity index (χ0) is 18.7. The maximum absolute atomic E-state index is 16.0. The number of hydrogen-bond donors (Lipinski definition) is 0. The Morgan fingerprint density at radius 3 is 2.67 bits per heavy atom. The third-order valence-electron chi connectivity index (χ3n) is 6.17. The molecule has 0 saturated carbocycles. The molecule has 0 bridgehead atoms. The van der Waals surface area contributed by atoms with Crippen molar-refractivity contribution in [2.75, 3.05) is 0 Å². The molecule has 0 fully saturated rings. The number of nitrogens with zero attached hydrogens (tertiary/aromatic N) is 2. The fourth-order valence-corrected chi connectivity index (χ4v) is 4.69. The minimum Gasteiger partial charge on any atom is -0.334 e. The molecule has 0 N–H and O–H groups in total. The van der Waals surface area contributed by atoms with Gasteiger partial charge < -0.3 is 4.57 Å². The fourth-order valence-electron chi connectivity index (χ4n) is 4.69. The zero-order valence-electron chi connectivity index (χ0n) is 15.6. The van der Waals surface area contributed by atoms with Gasteiger partial charge >= 0.3 is 0 Å². The lowest BCUT2D eigenvalue weighted by atomic mass is 9.87. The molecule has 1 aromatic heterocycles. The molecular weight excluding hydrogens is 339 g/mol. The number of Topliss-reactive ketones (excluding diaryl/α,β-unsaturated/α-hetero) is 1. The van der Waals surface area contributed by atoms with Gasteiger partial charge in [0.15, 0.2) is 5.78 Å². The molecule has 2 aliphatic carbocycles. The van der Waals surface area contributed by atoms with Crippen LogP contribution in [0, 0.1) is 5.82 Å². The molecule has 1 heterocycles. The van der Waals surface area contributed by atoms with E-state index in [0.29, 0.717) is 29.8 Å². The second kappa shape index (κ2) is 5.88. The Labute approximate surface area is 157 Å². The van der Waals surface area contributed by atoms with Gasteiger partial charge in [-0.3, -0.25) is 4.79 Å². The lowest BCUT2D eigenvalue weighted by molar-refractivity contribution is 0.0994. The monoisotopic (exact) mass is 360 g/mol. The molecule has 0 radical (unpaired) electrons. The summed E-state index contributed by atoms with van der Waals surface area (Å²) in [5, 5.41) is 0. The van der Waals surface area contributed by atoms with Gasteiger partial charge in [-0.1, -0.05) is 25.1 Å². The standard InChI is InChI=1S/C23H21FN2O/c1-13-3-4-14-5-6-16-17(9-10-19(16)27)20(14)21-15(13)7-8-18(22(21)24)23-25-11-12-26(23)2/h5-8,11-13H,3-4,9-10H2,1-2H3. The van der Waals surface area contributed by atoms with Crippen molar-refractivity contribution in [3.8, 4) is 22.5 Å². The van der Waals surface area contributed by atoms with Crippen LogP contribution < -0.4 is 0 Å². The minimum absolute atomic E-state index is 0.173. The Hall–Kier alpha value is -2.75. The van der Waals surface area contributed by atoms with Gasteiger partial charge in [-0.25, -0.2) is 9.37 Å². The highest BCUT2D eigenvalue weighted by molar-refractivity contribution is 6.03. The molecule has 4 heteroatoms. The van der Waals surface area contributed by atoms with Crippen LogP contribution in [0.2, 0.25) is 0 Å². The van der Waals surface area contributed by atoms with Crippen LogP contribution in [-0.2, 0) is 19.9 Å². The molecule has 136 valence electrons. The van der Waals surface area contributed by atoms with E-state index in [1.165, 1.54) is 0 Å². The maximum atomic E-state index is 16.0. The largest absolute Gasteiger partial charge is 0.334 e. The average Bonchev–Trinajstić information content (AvgIpc) is 3.21. The van der Waals surface area contributed by atoms with Gasteiger partial charge in [-0.15, -0.1) is 0 Å². The number of imidazole rings is 1. The van der Waals surface area contributed by atoms with E-state index in [0.717, 1.165) is 40.7 Å². The predicted octanol–water partition coefficient (Wildman–Crippen LogP) is 5.07. The highest BCUT2D eigenvalue weighted by Gasteiger charge is 2.31. The molecule has 0 aliphatic heterocycles. The fraction of sp³-hybridized carbons (Fsp3) is 0.304. The van der Waals surface area contributed by atoms with Crippen molar-refractivity contribution >= 4 is 5.78 Å². The molecule has 0 saturated heterocycles. The van der Waals surface area contributed by atoms with E-state index in [4.69, 9.17) is 0 Å². The summed E-state index contributed by atoms with van der Waals surface area (Å²) in [7, 11) is 1.88. The molecule has 0 spiro atoms. The first kappa shape index (κ1) is 16.4. The Morgan fingerprint density at radius 1 is 1.07 bits per heavy atom. The van der Waals surface area contributed by atoms with Gasteiger partial charge in [0, 0.05) is 37.0 Å². The van der Waals surface area contributed by atoms with Crippen LogP contribution in [0.3, 0.4) is 0 Å². The lowest BCUT2D eigenvalue weighted by Crippen LogP contribution is -2.03. The lowest BCUT2D eigenvalue weighted by Gasteiger charge is -2.19. The van der Waals surface area contributed by atoms with Crippen molar-refractivity contribution in [2.45, 2.75) is 38.5 Å². The van der Waals surface area contributed by atoms with Gasteiger partial charge in [-0.2, -0.15) is 0 Å². The molecule has 2 aliphatic rings. The van der Waals surface area contributed by atoms with Gasteiger partial charge in [0.05, 0.1) is 5.56 Å². The van der Waals surface area contributed by atoms with Crippen LogP contribution in [0.25, 0.3) is 22.5 Å². The molecule has 27 heavy (non-hydrogen) atoms. The van der Waals surface area contributed by atoms with Crippen LogP contribution in [0.5, 0.6) is 0 Å². The summed E-state index contributed by atoms with van der Waals surface area (Å²) in [6.07, 6.45) is 6.63. The average molecular weight is 360 g/mol. The molecule has 3 nitrogen and oxygen atoms in total. The smallest absolute Gasteiger partial charge is 0.163 e. The van der Waals surface area contributed by atoms with E-state index in [-0.39, 0.29) is 17.5 Å². The second-order valence-corrected chi connectivity index (χ2v) is 7.74. The highest BCUT2D eigenvalue weighted by Crippen LogP contribution is 2.45. The molecule has 2 aromatic carbocycles. The Morgan fingerprint density at radius 2 is 1.89 bits per heavy atom. The number of rotatable bonds is 1. The van der Waals surface area contributed by atoms with Crippen LogP contribution in [0.15, 0.2) is 36.7 Å². The summed E-state index contributed by atoms with van der Waals surface area (Å²) in [6, 6.07) is 7.89. The summed E-state index contributed by atoms with van der Waals surface area (Å²) < 4.78 is 17.8. The number of aromatic nitrogens is 2. The van der Waals surface area contributed by atoms with E-state index in [2.05, 4.69) is 18.0 Å². The van der Waals surface area contributed by atoms with Crippen LogP contribution >= 0.6 is 0 Å². The quantitative estimate of drug-likeness (QED) is 0.607. The SMILES string of the molecule is CC1CCc2ccc3c(c2-c2c1ccc(-c1nccn1C)c2F)CCC3=O. The Balaban J connectivity index is 1.86. The van der Waals surface area contributed by atoms with Crippen molar-refractivity contribution in [2.24, 2.45) is 7.05 Å². The molecule has 3 aromatic rings. The zero-order valence-corrected chi connectivity index (χ0v) is 15.6. The summed E-state index contributed by atoms with van der Waals surface area (Å²) in [6.45, 7) is 2.16. The first-order valence-corrected chi connectivity index (χ1v) is 9.54. The molecule has 1 unspecified atom stereocenters. The number of hydrogen-bond acceptors (Lipinski definition) is 2. The van der Waals surface area contributed by atoms with Crippen molar-refractivity contribution in [1.82, 2.24) is 9.55 Å². The van der Waals surface area contributed by atoms with Crippen molar-refractivity contribution < 1.29 is 9.18 Å². The van der Waals surface area contributed by atoms with E-state index in [1.54, 1.807) is 6.20 Å². The topological polar surface area (TPSA) is 34.9 Å². The third kappa shape index (κ3) is 2.32. The summed E-state index contributed by atoms with van der Waals surface area (Å²) in [4.78, 5) is 16.6. The van der Waals surface area contributed by atoms with Gasteiger partial charge in [0.2, 0.25) is 0 Å². The number of aryl methyl sites for hydroxylation is 2. The van der Waals surface area contributed by atoms with Gasteiger partial charge in [0.1, 0.15) is 11.6 Å². The van der Waals surface area contributed by atoms with E-state index in [9.17, 15) is 4.79 Å². The van der Waals surface area contributed by atoms with Gasteiger partial charge in [-0.05, 0) is 53.5 Å². The number of ketones is 1. The normalized spacial score (nSPS) is 18.0. The molecular formula is C23H21FN2O. The van der Waals surface area contributed by atoms with E-state index < -0.39 is 0 Å². The van der Waals surface area contributed by atoms with Crippen LogP contribution in [0.4, 0.5) is 4.39 Å². The second-order valence-electron chi connectivity index (χ2n) is 7.74. The molecule has 1 atom stereocenters. The van der Waals surface area contributed by atoms with Crippen molar-refractivity contribution in [3.05, 3.63) is 64.7 Å². The first-order valence-electron chi connectivity index (χ1n) is 9.54. The Bertz CT molecular complexity index is 1100. The summed E-state index contributed by atoms with van der Waals surface area (Å²) in [5.74, 6) is 0.847. The number of benzene rings is 2.